The van der Waals surface area contributed by atoms with Gasteiger partial charge in [0.1, 0.15) is 6.61 Å². The Morgan fingerprint density at radius 2 is 1.84 bits per heavy atom. The van der Waals surface area contributed by atoms with Crippen LogP contribution in [0.25, 0.3) is 0 Å². The molecule has 1 aromatic rings. The molecule has 1 aliphatic heterocycles. The van der Waals surface area contributed by atoms with Crippen molar-refractivity contribution >= 4 is 12.0 Å². The molecule has 0 aromatic heterocycles. The first-order chi connectivity index (χ1) is 12.2. The molecule has 1 aromatic carbocycles. The minimum absolute atomic E-state index is 0.155. The highest BCUT2D eigenvalue weighted by atomic mass is 16.6. The molecule has 25 heavy (non-hydrogen) atoms. The second-order valence-electron chi connectivity index (χ2n) is 6.44. The Labute approximate surface area is 149 Å². The summed E-state index contributed by atoms with van der Waals surface area (Å²) in [4.78, 5) is 26.2. The van der Waals surface area contributed by atoms with Crippen LogP contribution in [0.3, 0.4) is 0 Å². The van der Waals surface area contributed by atoms with E-state index in [1.54, 1.807) is 0 Å². The molecule has 1 saturated heterocycles. The summed E-state index contributed by atoms with van der Waals surface area (Å²) in [7, 11) is 0. The second-order valence-corrected chi connectivity index (χ2v) is 6.44. The van der Waals surface area contributed by atoms with Gasteiger partial charge in [-0.1, -0.05) is 43.2 Å². The van der Waals surface area contributed by atoms with Crippen LogP contribution in [0.1, 0.15) is 44.1 Å². The van der Waals surface area contributed by atoms with Gasteiger partial charge in [-0.2, -0.15) is 0 Å². The molecular formula is C19H29N3O3. The average Bonchev–Trinajstić information content (AvgIpc) is 2.65. The summed E-state index contributed by atoms with van der Waals surface area (Å²) in [6.07, 6.45) is 4.60. The molecule has 138 valence electrons. The van der Waals surface area contributed by atoms with Gasteiger partial charge in [-0.3, -0.25) is 4.79 Å². The van der Waals surface area contributed by atoms with Crippen molar-refractivity contribution in [2.45, 2.75) is 51.2 Å². The van der Waals surface area contributed by atoms with E-state index in [9.17, 15) is 9.59 Å². The lowest BCUT2D eigenvalue weighted by Crippen LogP contribution is -2.47. The van der Waals surface area contributed by atoms with E-state index >= 15 is 0 Å². The fourth-order valence-corrected chi connectivity index (χ4v) is 2.85. The Balaban J connectivity index is 1.95. The van der Waals surface area contributed by atoms with E-state index in [1.165, 1.54) is 4.90 Å². The van der Waals surface area contributed by atoms with E-state index in [1.807, 2.05) is 30.3 Å². The van der Waals surface area contributed by atoms with Gasteiger partial charge in [0, 0.05) is 6.54 Å². The van der Waals surface area contributed by atoms with Crippen molar-refractivity contribution in [1.82, 2.24) is 10.2 Å². The standard InChI is InChI=1S/C19H29N3O3/c20-17-11-5-7-13-21-12-6-2-8-14-22(18(17)23)19(24)25-15-16-9-3-1-4-10-16/h1,3-4,9-10,17,21H,2,5-8,11-15,20H2/t17-/m0/s1. The molecule has 0 unspecified atom stereocenters. The highest BCUT2D eigenvalue weighted by molar-refractivity contribution is 5.94. The topological polar surface area (TPSA) is 84.7 Å². The summed E-state index contributed by atoms with van der Waals surface area (Å²) >= 11 is 0. The third-order valence-corrected chi connectivity index (χ3v) is 4.36. The van der Waals surface area contributed by atoms with Crippen LogP contribution in [-0.2, 0) is 16.1 Å². The fourth-order valence-electron chi connectivity index (χ4n) is 2.85. The van der Waals surface area contributed by atoms with E-state index in [4.69, 9.17) is 10.5 Å². The SMILES string of the molecule is N[C@H]1CCCCNCCCCCN(C(=O)OCc2ccccc2)C1=O. The van der Waals surface area contributed by atoms with Crippen LogP contribution in [0, 0.1) is 0 Å². The van der Waals surface area contributed by atoms with Crippen LogP contribution in [0.5, 0.6) is 0 Å². The van der Waals surface area contributed by atoms with Crippen molar-refractivity contribution in [3.05, 3.63) is 35.9 Å². The third-order valence-electron chi connectivity index (χ3n) is 4.36. The van der Waals surface area contributed by atoms with Crippen LogP contribution in [0.15, 0.2) is 30.3 Å². The summed E-state index contributed by atoms with van der Waals surface area (Å²) in [5, 5.41) is 3.39. The molecule has 2 rings (SSSR count). The van der Waals surface area contributed by atoms with Gasteiger partial charge in [-0.05, 0) is 44.3 Å². The van der Waals surface area contributed by atoms with Gasteiger partial charge in [-0.15, -0.1) is 0 Å². The lowest BCUT2D eigenvalue weighted by atomic mass is 10.1. The van der Waals surface area contributed by atoms with Crippen LogP contribution < -0.4 is 11.1 Å². The maximum Gasteiger partial charge on any atom is 0.416 e. The molecule has 0 saturated carbocycles. The molecule has 1 atom stereocenters. The zero-order valence-corrected chi connectivity index (χ0v) is 14.8. The van der Waals surface area contributed by atoms with Gasteiger partial charge >= 0.3 is 6.09 Å². The maximum atomic E-state index is 12.6. The highest BCUT2D eigenvalue weighted by Gasteiger charge is 2.27. The summed E-state index contributed by atoms with van der Waals surface area (Å²) in [6, 6.07) is 8.79. The number of nitrogens with one attached hydrogen (secondary N) is 1. The Hall–Kier alpha value is -1.92. The molecule has 6 nitrogen and oxygen atoms in total. The molecular weight excluding hydrogens is 318 g/mol. The summed E-state index contributed by atoms with van der Waals surface area (Å²) in [6.45, 7) is 2.44. The largest absolute Gasteiger partial charge is 0.444 e. The second kappa shape index (κ2) is 10.8. The molecule has 0 radical (unpaired) electrons. The normalized spacial score (nSPS) is 20.9. The molecule has 6 heteroatoms. The number of rotatable bonds is 2. The van der Waals surface area contributed by atoms with Crippen molar-refractivity contribution in [3.8, 4) is 0 Å². The van der Waals surface area contributed by atoms with E-state index in [0.29, 0.717) is 13.0 Å². The maximum absolute atomic E-state index is 12.6. The van der Waals surface area contributed by atoms with Crippen LogP contribution in [-0.4, -0.2) is 42.6 Å². The number of hydrogen-bond donors (Lipinski definition) is 2. The van der Waals surface area contributed by atoms with Gasteiger partial charge in [-0.25, -0.2) is 9.69 Å². The number of carbonyl (C=O) groups is 2. The molecule has 0 bridgehead atoms. The van der Waals surface area contributed by atoms with E-state index < -0.39 is 12.1 Å². The highest BCUT2D eigenvalue weighted by Crippen LogP contribution is 2.10. The number of benzene rings is 1. The molecule has 2 amide bonds. The Morgan fingerprint density at radius 3 is 2.60 bits per heavy atom. The number of imide groups is 1. The predicted molar refractivity (Wildman–Crippen MR) is 96.9 cm³/mol. The Kier molecular flexibility index (Phi) is 8.42. The smallest absolute Gasteiger partial charge is 0.416 e. The number of hydrogen-bond acceptors (Lipinski definition) is 5. The van der Waals surface area contributed by atoms with E-state index in [0.717, 1.165) is 50.8 Å². The Bertz CT molecular complexity index is 536. The van der Waals surface area contributed by atoms with Crippen LogP contribution >= 0.6 is 0 Å². The molecule has 1 heterocycles. The number of nitrogens with two attached hydrogens (primary N) is 1. The summed E-state index contributed by atoms with van der Waals surface area (Å²) < 4.78 is 5.33. The van der Waals surface area contributed by atoms with Gasteiger partial charge < -0.3 is 15.8 Å². The molecule has 3 N–H and O–H groups in total. The van der Waals surface area contributed by atoms with E-state index in [-0.39, 0.29) is 12.5 Å². The molecule has 0 spiro atoms. The summed E-state index contributed by atoms with van der Waals surface area (Å²) in [5.41, 5.74) is 6.91. The third kappa shape index (κ3) is 6.84. The minimum atomic E-state index is -0.648. The quantitative estimate of drug-likeness (QED) is 0.858. The van der Waals surface area contributed by atoms with Gasteiger partial charge in [0.2, 0.25) is 5.91 Å². The van der Waals surface area contributed by atoms with Crippen molar-refractivity contribution in [3.63, 3.8) is 0 Å². The van der Waals surface area contributed by atoms with Crippen molar-refractivity contribution in [2.24, 2.45) is 5.73 Å². The first-order valence-corrected chi connectivity index (χ1v) is 9.17. The zero-order chi connectivity index (χ0) is 17.9. The molecule has 1 fully saturated rings. The number of ether oxygens (including phenoxy) is 1. The predicted octanol–water partition coefficient (Wildman–Crippen LogP) is 2.42. The van der Waals surface area contributed by atoms with Crippen molar-refractivity contribution < 1.29 is 14.3 Å². The van der Waals surface area contributed by atoms with Gasteiger partial charge in [0.25, 0.3) is 0 Å². The Morgan fingerprint density at radius 1 is 1.12 bits per heavy atom. The fraction of sp³-hybridized carbons (Fsp3) is 0.579. The number of amides is 2. The van der Waals surface area contributed by atoms with Crippen LogP contribution in [0.2, 0.25) is 0 Å². The molecule has 0 aliphatic carbocycles. The number of nitrogens with zero attached hydrogens (tertiary/aromatic N) is 1. The first-order valence-electron chi connectivity index (χ1n) is 9.17. The van der Waals surface area contributed by atoms with Crippen molar-refractivity contribution in [2.75, 3.05) is 19.6 Å². The monoisotopic (exact) mass is 347 g/mol. The van der Waals surface area contributed by atoms with Crippen LogP contribution in [0.4, 0.5) is 4.79 Å². The lowest BCUT2D eigenvalue weighted by Gasteiger charge is -2.23. The zero-order valence-electron chi connectivity index (χ0n) is 14.8. The van der Waals surface area contributed by atoms with E-state index in [2.05, 4.69) is 5.32 Å². The first kappa shape index (κ1) is 19.4. The lowest BCUT2D eigenvalue weighted by molar-refractivity contribution is -0.131. The molecule has 1 aliphatic rings. The average molecular weight is 347 g/mol. The van der Waals surface area contributed by atoms with Crippen molar-refractivity contribution in [1.29, 1.82) is 0 Å². The summed E-state index contributed by atoms with van der Waals surface area (Å²) in [5.74, 6) is -0.328. The minimum Gasteiger partial charge on any atom is -0.444 e. The number of carbonyl (C=O) groups excluding carboxylic acids is 2. The van der Waals surface area contributed by atoms with Gasteiger partial charge in [0.15, 0.2) is 0 Å². The van der Waals surface area contributed by atoms with Gasteiger partial charge in [0.05, 0.1) is 6.04 Å².